The molecule has 0 aromatic carbocycles. The summed E-state index contributed by atoms with van der Waals surface area (Å²) in [5.74, 6) is 0. The number of rotatable bonds is 1. The van der Waals surface area contributed by atoms with E-state index < -0.39 is 0 Å². The molecule has 1 unspecified atom stereocenters. The lowest BCUT2D eigenvalue weighted by Gasteiger charge is -2.14. The summed E-state index contributed by atoms with van der Waals surface area (Å²) in [6.45, 7) is 4.38. The van der Waals surface area contributed by atoms with E-state index in [4.69, 9.17) is 0 Å². The second-order valence-corrected chi connectivity index (χ2v) is 3.79. The molecule has 1 rings (SSSR count). The van der Waals surface area contributed by atoms with Crippen LogP contribution in [0.25, 0.3) is 0 Å². The minimum Gasteiger partial charge on any atom is -0.243 e. The molecule has 2 heteroatoms. The fourth-order valence-electron chi connectivity index (χ4n) is 1.08. The van der Waals surface area contributed by atoms with Crippen LogP contribution < -0.4 is 0 Å². The van der Waals surface area contributed by atoms with Gasteiger partial charge in [0.05, 0.1) is 0 Å². The molecular formula is C7H13NS. The highest BCUT2D eigenvalue weighted by molar-refractivity contribution is 8.01. The molecule has 0 aliphatic carbocycles. The van der Waals surface area contributed by atoms with Gasteiger partial charge in [0, 0.05) is 6.04 Å². The van der Waals surface area contributed by atoms with Crippen LogP contribution in [0.5, 0.6) is 0 Å². The van der Waals surface area contributed by atoms with Gasteiger partial charge in [0.25, 0.3) is 0 Å². The van der Waals surface area contributed by atoms with Crippen LogP contribution in [-0.2, 0) is 0 Å². The van der Waals surface area contributed by atoms with Crippen molar-refractivity contribution in [1.29, 1.82) is 0 Å². The monoisotopic (exact) mass is 143 g/mol. The first-order valence-corrected chi connectivity index (χ1v) is 4.10. The van der Waals surface area contributed by atoms with E-state index in [2.05, 4.69) is 31.3 Å². The average molecular weight is 143 g/mol. The molecule has 52 valence electrons. The quantitative estimate of drug-likeness (QED) is 0.518. The summed E-state index contributed by atoms with van der Waals surface area (Å²) in [6, 6.07) is 0.676. The lowest BCUT2D eigenvalue weighted by molar-refractivity contribution is 0.476. The third-order valence-corrected chi connectivity index (χ3v) is 2.58. The normalized spacial score (nSPS) is 28.8. The van der Waals surface area contributed by atoms with Gasteiger partial charge in [-0.15, -0.1) is 0 Å². The first kappa shape index (κ1) is 7.16. The molecule has 0 aromatic rings. The van der Waals surface area contributed by atoms with Gasteiger partial charge in [0.2, 0.25) is 0 Å². The van der Waals surface area contributed by atoms with Gasteiger partial charge < -0.3 is 0 Å². The molecule has 0 fully saturated rings. The van der Waals surface area contributed by atoms with E-state index in [1.807, 2.05) is 11.9 Å². The number of hydrogen-bond acceptors (Lipinski definition) is 2. The second kappa shape index (κ2) is 2.76. The molecule has 9 heavy (non-hydrogen) atoms. The molecule has 1 atom stereocenters. The molecule has 0 spiro atoms. The summed E-state index contributed by atoms with van der Waals surface area (Å²) in [7, 11) is 2.14. The van der Waals surface area contributed by atoms with Crippen molar-refractivity contribution in [2.24, 2.45) is 0 Å². The first-order chi connectivity index (χ1) is 4.24. The maximum Gasteiger partial charge on any atom is 0.0390 e. The first-order valence-electron chi connectivity index (χ1n) is 3.33. The molecule has 0 saturated carbocycles. The summed E-state index contributed by atoms with van der Waals surface area (Å²) in [6.07, 6.45) is 3.55. The zero-order valence-corrected chi connectivity index (χ0v) is 7.03. The van der Waals surface area contributed by atoms with E-state index in [1.54, 1.807) is 0 Å². The van der Waals surface area contributed by atoms with Gasteiger partial charge in [0.1, 0.15) is 0 Å². The molecule has 0 saturated heterocycles. The van der Waals surface area contributed by atoms with E-state index in [9.17, 15) is 0 Å². The molecule has 0 amide bonds. The topological polar surface area (TPSA) is 3.24 Å². The standard InChI is InChI=1S/C7H13NS/c1-4-7-5-6(2)9-8(7)3/h5,7H,4H2,1-3H3. The van der Waals surface area contributed by atoms with Crippen LogP contribution in [0.2, 0.25) is 0 Å². The predicted molar refractivity (Wildman–Crippen MR) is 43.2 cm³/mol. The maximum atomic E-state index is 2.32. The lowest BCUT2D eigenvalue weighted by Crippen LogP contribution is -2.17. The highest BCUT2D eigenvalue weighted by Crippen LogP contribution is 2.30. The Bertz CT molecular complexity index is 131. The number of hydrogen-bond donors (Lipinski definition) is 0. The van der Waals surface area contributed by atoms with Gasteiger partial charge in [-0.1, -0.05) is 13.0 Å². The van der Waals surface area contributed by atoms with Crippen molar-refractivity contribution < 1.29 is 0 Å². The maximum absolute atomic E-state index is 2.32. The Morgan fingerprint density at radius 2 is 2.44 bits per heavy atom. The molecule has 0 N–H and O–H groups in total. The van der Waals surface area contributed by atoms with Crippen molar-refractivity contribution in [3.8, 4) is 0 Å². The smallest absolute Gasteiger partial charge is 0.0390 e. The van der Waals surface area contributed by atoms with Crippen molar-refractivity contribution in [2.75, 3.05) is 7.05 Å². The zero-order valence-electron chi connectivity index (χ0n) is 6.22. The third kappa shape index (κ3) is 1.49. The Labute approximate surface area is 61.3 Å². The zero-order chi connectivity index (χ0) is 6.85. The van der Waals surface area contributed by atoms with Crippen LogP contribution in [0.1, 0.15) is 20.3 Å². The lowest BCUT2D eigenvalue weighted by atomic mass is 10.2. The van der Waals surface area contributed by atoms with Crippen LogP contribution in [0.4, 0.5) is 0 Å². The van der Waals surface area contributed by atoms with E-state index in [-0.39, 0.29) is 0 Å². The average Bonchev–Trinajstić information content (AvgIpc) is 2.10. The van der Waals surface area contributed by atoms with Gasteiger partial charge in [-0.05, 0) is 37.2 Å². The molecule has 1 aliphatic rings. The van der Waals surface area contributed by atoms with Gasteiger partial charge in [-0.25, -0.2) is 4.31 Å². The van der Waals surface area contributed by atoms with Crippen molar-refractivity contribution in [2.45, 2.75) is 26.3 Å². The Morgan fingerprint density at radius 1 is 1.78 bits per heavy atom. The third-order valence-electron chi connectivity index (χ3n) is 1.60. The molecule has 0 aromatic heterocycles. The number of allylic oxidation sites excluding steroid dienone is 1. The summed E-state index contributed by atoms with van der Waals surface area (Å²) >= 11 is 1.85. The van der Waals surface area contributed by atoms with Crippen LogP contribution in [-0.4, -0.2) is 17.4 Å². The summed E-state index contributed by atoms with van der Waals surface area (Å²) in [4.78, 5) is 1.43. The van der Waals surface area contributed by atoms with E-state index in [1.165, 1.54) is 11.3 Å². The van der Waals surface area contributed by atoms with Crippen LogP contribution >= 0.6 is 11.9 Å². The Hall–Kier alpha value is 0.0500. The van der Waals surface area contributed by atoms with Crippen molar-refractivity contribution in [1.82, 2.24) is 4.31 Å². The molecular weight excluding hydrogens is 130 g/mol. The van der Waals surface area contributed by atoms with Crippen molar-refractivity contribution in [3.05, 3.63) is 11.0 Å². The van der Waals surface area contributed by atoms with Gasteiger partial charge in [-0.2, -0.15) is 0 Å². The molecule has 0 bridgehead atoms. The Balaban J connectivity index is 2.53. The minimum atomic E-state index is 0.676. The summed E-state index contributed by atoms with van der Waals surface area (Å²) in [5.41, 5.74) is 0. The predicted octanol–water partition coefficient (Wildman–Crippen LogP) is 2.26. The summed E-state index contributed by atoms with van der Waals surface area (Å²) in [5, 5.41) is 0. The molecule has 0 radical (unpaired) electrons. The van der Waals surface area contributed by atoms with Crippen molar-refractivity contribution in [3.63, 3.8) is 0 Å². The van der Waals surface area contributed by atoms with E-state index in [0.29, 0.717) is 6.04 Å². The SMILES string of the molecule is CCC1C=C(C)SN1C. The van der Waals surface area contributed by atoms with Gasteiger partial charge in [0.15, 0.2) is 0 Å². The highest BCUT2D eigenvalue weighted by atomic mass is 32.2. The van der Waals surface area contributed by atoms with Crippen LogP contribution in [0.15, 0.2) is 11.0 Å². The largest absolute Gasteiger partial charge is 0.243 e. The van der Waals surface area contributed by atoms with Gasteiger partial charge in [-0.3, -0.25) is 0 Å². The van der Waals surface area contributed by atoms with E-state index >= 15 is 0 Å². The number of nitrogens with zero attached hydrogens (tertiary/aromatic N) is 1. The molecule has 1 nitrogen and oxygen atoms in total. The Kier molecular flexibility index (Phi) is 2.19. The van der Waals surface area contributed by atoms with Crippen LogP contribution in [0, 0.1) is 0 Å². The Morgan fingerprint density at radius 3 is 2.67 bits per heavy atom. The fourth-order valence-corrected chi connectivity index (χ4v) is 2.09. The number of likely N-dealkylation sites (N-methyl/N-ethyl adjacent to an activating group) is 1. The second-order valence-electron chi connectivity index (χ2n) is 2.39. The van der Waals surface area contributed by atoms with E-state index in [0.717, 1.165) is 0 Å². The fraction of sp³-hybridized carbons (Fsp3) is 0.714. The van der Waals surface area contributed by atoms with Gasteiger partial charge >= 0.3 is 0 Å². The minimum absolute atomic E-state index is 0.676. The van der Waals surface area contributed by atoms with Crippen molar-refractivity contribution >= 4 is 11.9 Å². The highest BCUT2D eigenvalue weighted by Gasteiger charge is 2.17. The summed E-state index contributed by atoms with van der Waals surface area (Å²) < 4.78 is 2.30. The molecule has 1 aliphatic heterocycles. The molecule has 1 heterocycles. The van der Waals surface area contributed by atoms with Crippen LogP contribution in [0.3, 0.4) is 0 Å².